The van der Waals surface area contributed by atoms with Gasteiger partial charge in [-0.15, -0.1) is 0 Å². The Balaban J connectivity index is 4.14. The van der Waals surface area contributed by atoms with Gasteiger partial charge >= 0.3 is 6.09 Å². The maximum Gasteiger partial charge on any atom is 0.407 e. The molecule has 0 aliphatic heterocycles. The number of hydrogen-bond donors (Lipinski definition) is 1. The Labute approximate surface area is 180 Å². The SMILES string of the molecule is CCCCCCCC(C)(C)C(C)OC(=O)NCCC(C)(C)OCCC(C)(C)OC. The molecule has 0 rings (SSSR count). The summed E-state index contributed by atoms with van der Waals surface area (Å²) in [5.41, 5.74) is -0.502. The highest BCUT2D eigenvalue weighted by Crippen LogP contribution is 2.30. The number of carbonyl (C=O) groups is 1. The molecule has 0 aliphatic carbocycles. The first-order valence-electron chi connectivity index (χ1n) is 11.5. The van der Waals surface area contributed by atoms with Crippen molar-refractivity contribution in [1.29, 1.82) is 0 Å². The van der Waals surface area contributed by atoms with Crippen molar-refractivity contribution in [2.24, 2.45) is 5.41 Å². The second kappa shape index (κ2) is 13.5. The standard InChI is InChI=1S/C24H49NO4/c1-10-11-12-13-14-15-22(3,4)20(2)29-21(26)25-18-16-24(7,8)28-19-17-23(5,6)27-9/h20H,10-19H2,1-9H3,(H,25,26). The number of methoxy groups -OCH3 is 1. The van der Waals surface area contributed by atoms with Crippen LogP contribution in [0.1, 0.15) is 107 Å². The zero-order valence-electron chi connectivity index (χ0n) is 20.8. The van der Waals surface area contributed by atoms with Crippen LogP contribution in [-0.4, -0.2) is 43.7 Å². The first kappa shape index (κ1) is 28.2. The first-order valence-corrected chi connectivity index (χ1v) is 11.5. The van der Waals surface area contributed by atoms with Crippen molar-refractivity contribution in [3.63, 3.8) is 0 Å². The molecule has 0 aromatic heterocycles. The minimum Gasteiger partial charge on any atom is -0.446 e. The van der Waals surface area contributed by atoms with Crippen LogP contribution < -0.4 is 5.32 Å². The van der Waals surface area contributed by atoms with Crippen molar-refractivity contribution in [1.82, 2.24) is 5.32 Å². The van der Waals surface area contributed by atoms with Gasteiger partial charge < -0.3 is 19.5 Å². The highest BCUT2D eigenvalue weighted by molar-refractivity contribution is 5.67. The number of nitrogens with one attached hydrogen (secondary N) is 1. The Morgan fingerprint density at radius 3 is 2.10 bits per heavy atom. The summed E-state index contributed by atoms with van der Waals surface area (Å²) in [6.45, 7) is 17.9. The second-order valence-corrected chi connectivity index (χ2v) is 10.2. The third-order valence-corrected chi connectivity index (χ3v) is 6.05. The molecule has 5 nitrogen and oxygen atoms in total. The molecule has 0 saturated heterocycles. The van der Waals surface area contributed by atoms with E-state index in [1.165, 1.54) is 32.1 Å². The van der Waals surface area contributed by atoms with Crippen molar-refractivity contribution in [3.8, 4) is 0 Å². The van der Waals surface area contributed by atoms with Gasteiger partial charge in [0.15, 0.2) is 0 Å². The predicted molar refractivity (Wildman–Crippen MR) is 121 cm³/mol. The summed E-state index contributed by atoms with van der Waals surface area (Å²) in [6, 6.07) is 0. The zero-order valence-corrected chi connectivity index (χ0v) is 20.8. The lowest BCUT2D eigenvalue weighted by Gasteiger charge is -2.32. The number of carbonyl (C=O) groups excluding carboxylic acids is 1. The molecule has 1 amide bonds. The van der Waals surface area contributed by atoms with Gasteiger partial charge in [0.05, 0.1) is 17.8 Å². The van der Waals surface area contributed by atoms with Gasteiger partial charge in [-0.25, -0.2) is 4.79 Å². The molecule has 0 bridgehead atoms. The maximum atomic E-state index is 12.2. The van der Waals surface area contributed by atoms with E-state index in [-0.39, 0.29) is 28.8 Å². The van der Waals surface area contributed by atoms with Crippen LogP contribution in [0, 0.1) is 5.41 Å². The number of ether oxygens (including phenoxy) is 3. The molecule has 1 unspecified atom stereocenters. The summed E-state index contributed by atoms with van der Waals surface area (Å²) in [6.07, 6.45) is 8.47. The topological polar surface area (TPSA) is 56.8 Å². The van der Waals surface area contributed by atoms with Crippen molar-refractivity contribution in [2.45, 2.75) is 124 Å². The third-order valence-electron chi connectivity index (χ3n) is 6.05. The van der Waals surface area contributed by atoms with Gasteiger partial charge in [-0.05, 0) is 53.9 Å². The summed E-state index contributed by atoms with van der Waals surface area (Å²) in [7, 11) is 1.72. The minimum atomic E-state index is -0.340. The predicted octanol–water partition coefficient (Wildman–Crippen LogP) is 6.49. The molecule has 0 fully saturated rings. The highest BCUT2D eigenvalue weighted by Gasteiger charge is 2.29. The molecule has 0 saturated carbocycles. The van der Waals surface area contributed by atoms with Crippen LogP contribution in [0.3, 0.4) is 0 Å². The van der Waals surface area contributed by atoms with E-state index in [0.717, 1.165) is 19.3 Å². The molecule has 1 N–H and O–H groups in total. The smallest absolute Gasteiger partial charge is 0.407 e. The van der Waals surface area contributed by atoms with Crippen LogP contribution in [0.15, 0.2) is 0 Å². The number of rotatable bonds is 16. The van der Waals surface area contributed by atoms with Crippen LogP contribution in [-0.2, 0) is 14.2 Å². The molecule has 5 heteroatoms. The van der Waals surface area contributed by atoms with Crippen molar-refractivity contribution in [3.05, 3.63) is 0 Å². The van der Waals surface area contributed by atoms with Gasteiger partial charge in [0, 0.05) is 19.1 Å². The molecule has 174 valence electrons. The fourth-order valence-corrected chi connectivity index (χ4v) is 2.96. The fourth-order valence-electron chi connectivity index (χ4n) is 2.96. The van der Waals surface area contributed by atoms with Crippen molar-refractivity contribution < 1.29 is 19.0 Å². The van der Waals surface area contributed by atoms with Crippen LogP contribution in [0.2, 0.25) is 0 Å². The number of unbranched alkanes of at least 4 members (excludes halogenated alkanes) is 4. The molecule has 29 heavy (non-hydrogen) atoms. The van der Waals surface area contributed by atoms with E-state index in [2.05, 4.69) is 39.9 Å². The second-order valence-electron chi connectivity index (χ2n) is 10.2. The van der Waals surface area contributed by atoms with Crippen LogP contribution >= 0.6 is 0 Å². The normalized spacial score (nSPS) is 14.0. The van der Waals surface area contributed by atoms with E-state index in [4.69, 9.17) is 14.2 Å². The lowest BCUT2D eigenvalue weighted by atomic mass is 9.82. The molecule has 0 spiro atoms. The summed E-state index contributed by atoms with van der Waals surface area (Å²) in [4.78, 5) is 12.2. The molecular weight excluding hydrogens is 366 g/mol. The van der Waals surface area contributed by atoms with Crippen LogP contribution in [0.5, 0.6) is 0 Å². The van der Waals surface area contributed by atoms with Gasteiger partial charge in [0.1, 0.15) is 6.10 Å². The summed E-state index contributed by atoms with van der Waals surface area (Å²) < 4.78 is 17.0. The van der Waals surface area contributed by atoms with E-state index in [0.29, 0.717) is 13.2 Å². The van der Waals surface area contributed by atoms with Crippen LogP contribution in [0.25, 0.3) is 0 Å². The Morgan fingerprint density at radius 1 is 0.897 bits per heavy atom. The molecule has 0 radical (unpaired) electrons. The third kappa shape index (κ3) is 13.9. The molecule has 1 atom stereocenters. The fraction of sp³-hybridized carbons (Fsp3) is 0.958. The van der Waals surface area contributed by atoms with Gasteiger partial charge in [0.25, 0.3) is 0 Å². The average molecular weight is 416 g/mol. The Morgan fingerprint density at radius 2 is 1.52 bits per heavy atom. The monoisotopic (exact) mass is 415 g/mol. The Bertz CT molecular complexity index is 446. The minimum absolute atomic E-state index is 0.0138. The number of hydrogen-bond acceptors (Lipinski definition) is 4. The van der Waals surface area contributed by atoms with Gasteiger partial charge in [-0.3, -0.25) is 0 Å². The average Bonchev–Trinajstić information content (AvgIpc) is 2.60. The van der Waals surface area contributed by atoms with Crippen molar-refractivity contribution >= 4 is 6.09 Å². The van der Waals surface area contributed by atoms with Crippen molar-refractivity contribution in [2.75, 3.05) is 20.3 Å². The summed E-state index contributed by atoms with van der Waals surface area (Å²) >= 11 is 0. The summed E-state index contributed by atoms with van der Waals surface area (Å²) in [5, 5.41) is 2.88. The van der Waals surface area contributed by atoms with E-state index >= 15 is 0 Å². The summed E-state index contributed by atoms with van der Waals surface area (Å²) in [5.74, 6) is 0. The van der Waals surface area contributed by atoms with Crippen LogP contribution in [0.4, 0.5) is 4.79 Å². The Kier molecular flexibility index (Phi) is 13.1. The maximum absolute atomic E-state index is 12.2. The zero-order chi connectivity index (χ0) is 22.6. The van der Waals surface area contributed by atoms with Gasteiger partial charge in [0.2, 0.25) is 0 Å². The molecule has 0 aromatic carbocycles. The Hall–Kier alpha value is -0.810. The van der Waals surface area contributed by atoms with Gasteiger partial charge in [-0.1, -0.05) is 52.9 Å². The van der Waals surface area contributed by atoms with E-state index in [1.807, 2.05) is 20.8 Å². The first-order chi connectivity index (χ1) is 13.4. The molecular formula is C24H49NO4. The van der Waals surface area contributed by atoms with E-state index < -0.39 is 0 Å². The molecule has 0 aliphatic rings. The quantitative estimate of drug-likeness (QED) is 0.293. The van der Waals surface area contributed by atoms with E-state index in [9.17, 15) is 4.79 Å². The lowest BCUT2D eigenvalue weighted by molar-refractivity contribution is -0.0607. The lowest BCUT2D eigenvalue weighted by Crippen LogP contribution is -2.38. The van der Waals surface area contributed by atoms with Gasteiger partial charge in [-0.2, -0.15) is 0 Å². The highest BCUT2D eigenvalue weighted by atomic mass is 16.6. The number of alkyl carbamates (subject to hydrolysis) is 1. The largest absolute Gasteiger partial charge is 0.446 e. The molecule has 0 heterocycles. The number of amides is 1. The van der Waals surface area contributed by atoms with E-state index in [1.54, 1.807) is 7.11 Å². The molecule has 0 aromatic rings.